The third-order valence-corrected chi connectivity index (χ3v) is 6.17. The summed E-state index contributed by atoms with van der Waals surface area (Å²) in [6, 6.07) is 12.5. The van der Waals surface area contributed by atoms with Crippen molar-refractivity contribution in [2.24, 2.45) is 0 Å². The molecular formula is C24H25NO6. The van der Waals surface area contributed by atoms with Crippen LogP contribution in [-0.4, -0.2) is 49.2 Å². The number of phenols is 1. The second kappa shape index (κ2) is 8.00. The van der Waals surface area contributed by atoms with Gasteiger partial charge in [0.1, 0.15) is 17.1 Å². The van der Waals surface area contributed by atoms with Crippen LogP contribution in [0.2, 0.25) is 0 Å². The van der Waals surface area contributed by atoms with E-state index in [1.54, 1.807) is 25.3 Å². The SMILES string of the molecule is COc1cccc(-c2cc3ccc(O)c(CN4CCC5(CC4)OCCO5)c3oc2=O)c1. The van der Waals surface area contributed by atoms with Crippen LogP contribution >= 0.6 is 0 Å². The predicted molar refractivity (Wildman–Crippen MR) is 115 cm³/mol. The number of hydrogen-bond acceptors (Lipinski definition) is 7. The zero-order chi connectivity index (χ0) is 21.4. The van der Waals surface area contributed by atoms with Gasteiger partial charge in [0.15, 0.2) is 5.79 Å². The van der Waals surface area contributed by atoms with Gasteiger partial charge in [-0.05, 0) is 35.9 Å². The van der Waals surface area contributed by atoms with Crippen molar-refractivity contribution in [2.75, 3.05) is 33.4 Å². The Hall–Kier alpha value is -2.87. The highest BCUT2D eigenvalue weighted by Gasteiger charge is 2.39. The Morgan fingerprint density at radius 1 is 1.10 bits per heavy atom. The van der Waals surface area contributed by atoms with Crippen LogP contribution in [0.1, 0.15) is 18.4 Å². The van der Waals surface area contributed by atoms with Crippen molar-refractivity contribution >= 4 is 11.0 Å². The number of benzene rings is 2. The molecule has 7 nitrogen and oxygen atoms in total. The first-order valence-corrected chi connectivity index (χ1v) is 10.5. The molecule has 162 valence electrons. The van der Waals surface area contributed by atoms with Crippen molar-refractivity contribution in [2.45, 2.75) is 25.2 Å². The van der Waals surface area contributed by atoms with Gasteiger partial charge >= 0.3 is 5.63 Å². The molecule has 31 heavy (non-hydrogen) atoms. The van der Waals surface area contributed by atoms with Crippen LogP contribution in [0.4, 0.5) is 0 Å². The van der Waals surface area contributed by atoms with E-state index in [0.717, 1.165) is 36.9 Å². The fraction of sp³-hybridized carbons (Fsp3) is 0.375. The van der Waals surface area contributed by atoms with E-state index in [1.165, 1.54) is 0 Å². The number of likely N-dealkylation sites (tertiary alicyclic amines) is 1. The molecule has 2 aliphatic heterocycles. The number of nitrogens with zero attached hydrogens (tertiary/aromatic N) is 1. The third-order valence-electron chi connectivity index (χ3n) is 6.17. The second-order valence-corrected chi connectivity index (χ2v) is 8.04. The fourth-order valence-electron chi connectivity index (χ4n) is 4.44. The van der Waals surface area contributed by atoms with Crippen LogP contribution in [0.5, 0.6) is 11.5 Å². The summed E-state index contributed by atoms with van der Waals surface area (Å²) >= 11 is 0. The highest BCUT2D eigenvalue weighted by atomic mass is 16.7. The minimum atomic E-state index is -0.449. The van der Waals surface area contributed by atoms with E-state index in [2.05, 4.69) is 4.90 Å². The van der Waals surface area contributed by atoms with E-state index in [1.807, 2.05) is 24.3 Å². The second-order valence-electron chi connectivity index (χ2n) is 8.04. The largest absolute Gasteiger partial charge is 0.507 e. The first-order valence-electron chi connectivity index (χ1n) is 10.5. The van der Waals surface area contributed by atoms with Crippen molar-refractivity contribution in [3.8, 4) is 22.6 Å². The summed E-state index contributed by atoms with van der Waals surface area (Å²) in [5.41, 5.74) is 1.78. The van der Waals surface area contributed by atoms with Crippen LogP contribution in [0, 0.1) is 0 Å². The van der Waals surface area contributed by atoms with E-state index in [-0.39, 0.29) is 5.75 Å². The van der Waals surface area contributed by atoms with Gasteiger partial charge in [-0.3, -0.25) is 4.90 Å². The van der Waals surface area contributed by atoms with Crippen LogP contribution < -0.4 is 10.4 Å². The molecule has 5 rings (SSSR count). The maximum absolute atomic E-state index is 12.8. The monoisotopic (exact) mass is 423 g/mol. The van der Waals surface area contributed by atoms with Gasteiger partial charge in [-0.2, -0.15) is 0 Å². The summed E-state index contributed by atoms with van der Waals surface area (Å²) in [5.74, 6) is 0.343. The molecule has 0 bridgehead atoms. The highest BCUT2D eigenvalue weighted by Crippen LogP contribution is 2.34. The maximum Gasteiger partial charge on any atom is 0.344 e. The molecule has 2 aromatic carbocycles. The van der Waals surface area contributed by atoms with E-state index in [0.29, 0.717) is 42.2 Å². The Balaban J connectivity index is 1.46. The lowest BCUT2D eigenvalue weighted by Crippen LogP contribution is -2.44. The predicted octanol–water partition coefficient (Wildman–Crippen LogP) is 3.51. The third kappa shape index (κ3) is 3.80. The normalized spacial score (nSPS) is 18.6. The van der Waals surface area contributed by atoms with Gasteiger partial charge in [-0.1, -0.05) is 12.1 Å². The summed E-state index contributed by atoms with van der Waals surface area (Å²) in [6.45, 7) is 3.33. The molecule has 1 N–H and O–H groups in total. The van der Waals surface area contributed by atoms with Crippen molar-refractivity contribution < 1.29 is 23.7 Å². The molecule has 2 aliphatic rings. The quantitative estimate of drug-likeness (QED) is 0.643. The van der Waals surface area contributed by atoms with Crippen molar-refractivity contribution in [3.05, 3.63) is 58.4 Å². The number of fused-ring (bicyclic) bond motifs is 1. The van der Waals surface area contributed by atoms with Crippen molar-refractivity contribution in [3.63, 3.8) is 0 Å². The molecule has 2 fully saturated rings. The van der Waals surface area contributed by atoms with Gasteiger partial charge in [0.25, 0.3) is 0 Å². The average molecular weight is 423 g/mol. The molecule has 0 amide bonds. The molecule has 0 aliphatic carbocycles. The summed E-state index contributed by atoms with van der Waals surface area (Å²) < 4.78 is 22.6. The molecule has 3 aromatic rings. The van der Waals surface area contributed by atoms with E-state index < -0.39 is 11.4 Å². The topological polar surface area (TPSA) is 81.4 Å². The number of piperidine rings is 1. The number of hydrogen-bond donors (Lipinski definition) is 1. The van der Waals surface area contributed by atoms with E-state index in [4.69, 9.17) is 18.6 Å². The summed E-state index contributed by atoms with van der Waals surface area (Å²) in [5, 5.41) is 11.3. The number of methoxy groups -OCH3 is 1. The smallest absolute Gasteiger partial charge is 0.344 e. The van der Waals surface area contributed by atoms with Crippen LogP contribution in [-0.2, 0) is 16.0 Å². The Morgan fingerprint density at radius 2 is 1.87 bits per heavy atom. The Labute approximate surface area is 179 Å². The van der Waals surface area contributed by atoms with E-state index >= 15 is 0 Å². The summed E-state index contributed by atoms with van der Waals surface area (Å²) in [7, 11) is 1.59. The standard InChI is InChI=1S/C24H25NO6/c1-28-18-4-2-3-16(13-18)19-14-17-5-6-21(26)20(22(17)31-23(19)27)15-25-9-7-24(8-10-25)29-11-12-30-24/h2-6,13-14,26H,7-12,15H2,1H3. The molecule has 0 atom stereocenters. The van der Waals surface area contributed by atoms with Gasteiger partial charge in [-0.25, -0.2) is 4.79 Å². The van der Waals surface area contributed by atoms with Gasteiger partial charge in [-0.15, -0.1) is 0 Å². The van der Waals surface area contributed by atoms with Crippen molar-refractivity contribution in [1.82, 2.24) is 4.90 Å². The Bertz CT molecular complexity index is 1150. The van der Waals surface area contributed by atoms with Gasteiger partial charge in [0.05, 0.1) is 31.5 Å². The molecule has 1 aromatic heterocycles. The fourth-order valence-corrected chi connectivity index (χ4v) is 4.44. The molecular weight excluding hydrogens is 398 g/mol. The van der Waals surface area contributed by atoms with Crippen molar-refractivity contribution in [1.29, 1.82) is 0 Å². The highest BCUT2D eigenvalue weighted by molar-refractivity contribution is 5.85. The Kier molecular flexibility index (Phi) is 5.17. The number of aromatic hydroxyl groups is 1. The molecule has 2 saturated heterocycles. The first-order chi connectivity index (χ1) is 15.1. The molecule has 7 heteroatoms. The maximum atomic E-state index is 12.8. The lowest BCUT2D eigenvalue weighted by atomic mass is 10.0. The molecule has 0 unspecified atom stereocenters. The first kappa shape index (κ1) is 20.1. The summed E-state index contributed by atoms with van der Waals surface area (Å²) in [6.07, 6.45) is 1.56. The molecule has 0 radical (unpaired) electrons. The Morgan fingerprint density at radius 3 is 2.61 bits per heavy atom. The lowest BCUT2D eigenvalue weighted by Gasteiger charge is -2.37. The van der Waals surface area contributed by atoms with Gasteiger partial charge in [0, 0.05) is 37.9 Å². The van der Waals surface area contributed by atoms with Crippen LogP contribution in [0.15, 0.2) is 51.7 Å². The average Bonchev–Trinajstić information content (AvgIpc) is 3.25. The molecule has 3 heterocycles. The van der Waals surface area contributed by atoms with Gasteiger partial charge < -0.3 is 23.7 Å². The molecule has 1 spiro atoms. The van der Waals surface area contributed by atoms with Gasteiger partial charge in [0.2, 0.25) is 0 Å². The number of phenolic OH excluding ortho intramolecular Hbond substituents is 1. The van der Waals surface area contributed by atoms with Crippen LogP contribution in [0.25, 0.3) is 22.1 Å². The number of rotatable bonds is 4. The summed E-state index contributed by atoms with van der Waals surface area (Å²) in [4.78, 5) is 15.0. The minimum absolute atomic E-state index is 0.124. The molecule has 0 saturated carbocycles. The zero-order valence-electron chi connectivity index (χ0n) is 17.4. The van der Waals surface area contributed by atoms with E-state index in [9.17, 15) is 9.90 Å². The zero-order valence-corrected chi connectivity index (χ0v) is 17.4. The number of ether oxygens (including phenoxy) is 3. The minimum Gasteiger partial charge on any atom is -0.507 e. The van der Waals surface area contributed by atoms with Crippen LogP contribution in [0.3, 0.4) is 0 Å². The lowest BCUT2D eigenvalue weighted by molar-refractivity contribution is -0.185.